The molecule has 3 rings (SSSR count). The molecule has 0 spiro atoms. The molecular formula is C21H22N4O3. The van der Waals surface area contributed by atoms with E-state index >= 15 is 0 Å². The number of benzene rings is 2. The van der Waals surface area contributed by atoms with Crippen LogP contribution in [0.2, 0.25) is 0 Å². The molecule has 2 aromatic carbocycles. The maximum atomic E-state index is 12.5. The Morgan fingerprint density at radius 2 is 1.82 bits per heavy atom. The minimum Gasteiger partial charge on any atom is -0.493 e. The lowest BCUT2D eigenvalue weighted by molar-refractivity contribution is 0.102. The van der Waals surface area contributed by atoms with Gasteiger partial charge in [-0.25, -0.2) is 4.79 Å². The maximum absolute atomic E-state index is 12.5. The van der Waals surface area contributed by atoms with Gasteiger partial charge in [-0.05, 0) is 49.6 Å². The largest absolute Gasteiger partial charge is 0.493 e. The van der Waals surface area contributed by atoms with E-state index < -0.39 is 0 Å². The molecular weight excluding hydrogens is 356 g/mol. The van der Waals surface area contributed by atoms with Gasteiger partial charge in [0.25, 0.3) is 5.91 Å². The van der Waals surface area contributed by atoms with E-state index in [0.29, 0.717) is 42.1 Å². The minimum absolute atomic E-state index is 0.263. The van der Waals surface area contributed by atoms with Crippen molar-refractivity contribution in [1.82, 2.24) is 5.32 Å². The van der Waals surface area contributed by atoms with Crippen molar-refractivity contribution in [2.75, 3.05) is 17.2 Å². The van der Waals surface area contributed by atoms with Crippen LogP contribution in [0, 0.1) is 11.3 Å². The first kappa shape index (κ1) is 19.2. The first-order valence-corrected chi connectivity index (χ1v) is 9.23. The highest BCUT2D eigenvalue weighted by atomic mass is 16.5. The predicted octanol–water partition coefficient (Wildman–Crippen LogP) is 3.91. The summed E-state index contributed by atoms with van der Waals surface area (Å²) in [7, 11) is 0. The van der Waals surface area contributed by atoms with Crippen LogP contribution in [0.1, 0.15) is 36.0 Å². The third kappa shape index (κ3) is 6.02. The SMILES string of the molecule is N#CCCCOc1cccc(NC(=O)c2cccc(NC(=O)NC3CC3)c2)c1. The van der Waals surface area contributed by atoms with Crippen LogP contribution in [-0.4, -0.2) is 24.6 Å². The first-order chi connectivity index (χ1) is 13.6. The van der Waals surface area contributed by atoms with Crippen molar-refractivity contribution in [1.29, 1.82) is 5.26 Å². The summed E-state index contributed by atoms with van der Waals surface area (Å²) < 4.78 is 5.58. The molecule has 0 aliphatic heterocycles. The second-order valence-electron chi connectivity index (χ2n) is 6.55. The van der Waals surface area contributed by atoms with Gasteiger partial charge in [-0.15, -0.1) is 0 Å². The standard InChI is InChI=1S/C21H22N4O3/c22-11-1-2-12-28-19-8-4-7-18(14-19)23-20(26)15-5-3-6-17(13-15)25-21(27)24-16-9-10-16/h3-8,13-14,16H,1-2,9-10,12H2,(H,23,26)(H2,24,25,27). The van der Waals surface area contributed by atoms with Gasteiger partial charge in [0, 0.05) is 35.5 Å². The number of hydrogen-bond donors (Lipinski definition) is 3. The Morgan fingerprint density at radius 3 is 2.57 bits per heavy atom. The van der Waals surface area contributed by atoms with E-state index in [-0.39, 0.29) is 18.0 Å². The lowest BCUT2D eigenvalue weighted by atomic mass is 10.2. The summed E-state index contributed by atoms with van der Waals surface area (Å²) in [6.07, 6.45) is 3.12. The van der Waals surface area contributed by atoms with Gasteiger partial charge in [0.2, 0.25) is 0 Å². The molecule has 0 heterocycles. The number of urea groups is 1. The normalized spacial score (nSPS) is 12.5. The van der Waals surface area contributed by atoms with Crippen LogP contribution in [-0.2, 0) is 0 Å². The van der Waals surface area contributed by atoms with Crippen LogP contribution in [0.4, 0.5) is 16.2 Å². The molecule has 0 saturated heterocycles. The van der Waals surface area contributed by atoms with Gasteiger partial charge in [0.15, 0.2) is 0 Å². The molecule has 3 amide bonds. The zero-order valence-electron chi connectivity index (χ0n) is 15.4. The van der Waals surface area contributed by atoms with Crippen molar-refractivity contribution in [3.8, 4) is 11.8 Å². The van der Waals surface area contributed by atoms with Crippen LogP contribution in [0.15, 0.2) is 48.5 Å². The first-order valence-electron chi connectivity index (χ1n) is 9.23. The molecule has 1 aliphatic carbocycles. The van der Waals surface area contributed by atoms with Gasteiger partial charge in [-0.1, -0.05) is 12.1 Å². The molecule has 1 fully saturated rings. The fourth-order valence-corrected chi connectivity index (χ4v) is 2.53. The average Bonchev–Trinajstić information content (AvgIpc) is 3.49. The average molecular weight is 378 g/mol. The van der Waals surface area contributed by atoms with E-state index in [1.807, 2.05) is 0 Å². The Bertz CT molecular complexity index is 887. The van der Waals surface area contributed by atoms with Crippen molar-refractivity contribution in [3.05, 3.63) is 54.1 Å². The molecule has 0 bridgehead atoms. The molecule has 2 aromatic rings. The van der Waals surface area contributed by atoms with Crippen molar-refractivity contribution in [2.45, 2.75) is 31.7 Å². The number of nitriles is 1. The summed E-state index contributed by atoms with van der Waals surface area (Å²) in [5.41, 5.74) is 1.59. The Balaban J connectivity index is 1.57. The highest BCUT2D eigenvalue weighted by molar-refractivity contribution is 6.05. The Labute approximate surface area is 163 Å². The molecule has 0 radical (unpaired) electrons. The molecule has 1 aliphatic rings. The van der Waals surface area contributed by atoms with E-state index in [1.54, 1.807) is 48.5 Å². The van der Waals surface area contributed by atoms with E-state index in [0.717, 1.165) is 12.8 Å². The van der Waals surface area contributed by atoms with Crippen molar-refractivity contribution >= 4 is 23.3 Å². The van der Waals surface area contributed by atoms with Crippen molar-refractivity contribution < 1.29 is 14.3 Å². The van der Waals surface area contributed by atoms with Gasteiger partial charge < -0.3 is 20.7 Å². The fourth-order valence-electron chi connectivity index (χ4n) is 2.53. The summed E-state index contributed by atoms with van der Waals surface area (Å²) in [5, 5.41) is 16.9. The molecule has 1 saturated carbocycles. The van der Waals surface area contributed by atoms with Crippen LogP contribution >= 0.6 is 0 Å². The van der Waals surface area contributed by atoms with Gasteiger partial charge in [0.1, 0.15) is 5.75 Å². The summed E-state index contributed by atoms with van der Waals surface area (Å²) >= 11 is 0. The highest BCUT2D eigenvalue weighted by Gasteiger charge is 2.23. The lowest BCUT2D eigenvalue weighted by Crippen LogP contribution is -2.30. The Morgan fingerprint density at radius 1 is 1.07 bits per heavy atom. The fraction of sp³-hybridized carbons (Fsp3) is 0.286. The second kappa shape index (κ2) is 9.42. The number of carbonyl (C=O) groups is 2. The Hall–Kier alpha value is -3.53. The van der Waals surface area contributed by atoms with Crippen LogP contribution < -0.4 is 20.7 Å². The van der Waals surface area contributed by atoms with Gasteiger partial charge >= 0.3 is 6.03 Å². The van der Waals surface area contributed by atoms with E-state index in [2.05, 4.69) is 22.0 Å². The van der Waals surface area contributed by atoms with E-state index in [4.69, 9.17) is 10.00 Å². The Kier molecular flexibility index (Phi) is 6.47. The monoisotopic (exact) mass is 378 g/mol. The van der Waals surface area contributed by atoms with Crippen LogP contribution in [0.3, 0.4) is 0 Å². The summed E-state index contributed by atoms with van der Waals surface area (Å²) in [5.74, 6) is 0.343. The molecule has 7 nitrogen and oxygen atoms in total. The quantitative estimate of drug-likeness (QED) is 0.606. The molecule has 0 unspecified atom stereocenters. The topological polar surface area (TPSA) is 103 Å². The van der Waals surface area contributed by atoms with Gasteiger partial charge in [0.05, 0.1) is 12.7 Å². The molecule has 0 aromatic heterocycles. The number of anilines is 2. The van der Waals surface area contributed by atoms with Crippen LogP contribution in [0.5, 0.6) is 5.75 Å². The number of nitrogens with one attached hydrogen (secondary N) is 3. The highest BCUT2D eigenvalue weighted by Crippen LogP contribution is 2.20. The predicted molar refractivity (Wildman–Crippen MR) is 106 cm³/mol. The minimum atomic E-state index is -0.284. The third-order valence-electron chi connectivity index (χ3n) is 4.09. The third-order valence-corrected chi connectivity index (χ3v) is 4.09. The number of rotatable bonds is 8. The van der Waals surface area contributed by atoms with Crippen molar-refractivity contribution in [2.24, 2.45) is 0 Å². The number of hydrogen-bond acceptors (Lipinski definition) is 4. The maximum Gasteiger partial charge on any atom is 0.319 e. The summed E-state index contributed by atoms with van der Waals surface area (Å²) in [4.78, 5) is 24.4. The number of unbranched alkanes of at least 4 members (excludes halogenated alkanes) is 1. The van der Waals surface area contributed by atoms with E-state index in [9.17, 15) is 9.59 Å². The molecule has 28 heavy (non-hydrogen) atoms. The smallest absolute Gasteiger partial charge is 0.319 e. The summed E-state index contributed by atoms with van der Waals surface area (Å²) in [6, 6.07) is 15.9. The molecule has 0 atom stereocenters. The number of nitrogens with zero attached hydrogens (tertiary/aromatic N) is 1. The van der Waals surface area contributed by atoms with E-state index in [1.165, 1.54) is 0 Å². The zero-order valence-corrected chi connectivity index (χ0v) is 15.4. The number of ether oxygens (including phenoxy) is 1. The zero-order chi connectivity index (χ0) is 19.8. The van der Waals surface area contributed by atoms with Crippen LogP contribution in [0.25, 0.3) is 0 Å². The van der Waals surface area contributed by atoms with Gasteiger partial charge in [-0.2, -0.15) is 5.26 Å². The molecule has 7 heteroatoms. The summed E-state index contributed by atoms with van der Waals surface area (Å²) in [6.45, 7) is 0.446. The second-order valence-corrected chi connectivity index (χ2v) is 6.55. The molecule has 3 N–H and O–H groups in total. The number of amides is 3. The van der Waals surface area contributed by atoms with Gasteiger partial charge in [-0.3, -0.25) is 4.79 Å². The van der Waals surface area contributed by atoms with Crippen molar-refractivity contribution in [3.63, 3.8) is 0 Å². The molecule has 144 valence electrons. The number of carbonyl (C=O) groups excluding carboxylic acids is 2. The lowest BCUT2D eigenvalue weighted by Gasteiger charge is -2.10.